The average Bonchev–Trinajstić information content (AvgIpc) is 2.82. The summed E-state index contributed by atoms with van der Waals surface area (Å²) in [4.78, 5) is 26.8. The lowest BCUT2D eigenvalue weighted by molar-refractivity contribution is -0.189. The van der Waals surface area contributed by atoms with Gasteiger partial charge < -0.3 is 18.9 Å². The summed E-state index contributed by atoms with van der Waals surface area (Å²) in [6.45, 7) is 13.1. The van der Waals surface area contributed by atoms with Crippen molar-refractivity contribution < 1.29 is 28.5 Å². The molecule has 0 N–H and O–H groups in total. The summed E-state index contributed by atoms with van der Waals surface area (Å²) in [6, 6.07) is 0. The van der Waals surface area contributed by atoms with E-state index in [2.05, 4.69) is 26.5 Å². The number of allylic oxidation sites excluding steroid dienone is 4. The second-order valence-electron chi connectivity index (χ2n) is 11.4. The molecule has 6 heteroatoms. The molecular formula is C29H42O6. The van der Waals surface area contributed by atoms with E-state index in [1.54, 1.807) is 28.1 Å². The van der Waals surface area contributed by atoms with Gasteiger partial charge in [0.05, 0.1) is 27.4 Å². The quantitative estimate of drug-likeness (QED) is 0.277. The van der Waals surface area contributed by atoms with Crippen molar-refractivity contribution in [2.24, 2.45) is 39.9 Å². The lowest BCUT2D eigenvalue weighted by Crippen LogP contribution is -2.61. The van der Waals surface area contributed by atoms with Crippen LogP contribution in [0.2, 0.25) is 0 Å². The highest BCUT2D eigenvalue weighted by molar-refractivity contribution is 6.00. The van der Waals surface area contributed by atoms with Crippen LogP contribution in [0.1, 0.15) is 66.2 Å². The molecule has 194 valence electrons. The van der Waals surface area contributed by atoms with Gasteiger partial charge >= 0.3 is 11.9 Å². The summed E-state index contributed by atoms with van der Waals surface area (Å²) in [5.41, 5.74) is -0.648. The smallest absolute Gasteiger partial charge is 0.323 e. The second kappa shape index (κ2) is 9.33. The number of rotatable bonds is 6. The van der Waals surface area contributed by atoms with Crippen LogP contribution in [0.25, 0.3) is 0 Å². The first kappa shape index (κ1) is 25.8. The van der Waals surface area contributed by atoms with Crippen molar-refractivity contribution in [1.29, 1.82) is 0 Å². The molecule has 2 unspecified atom stereocenters. The van der Waals surface area contributed by atoms with Gasteiger partial charge in [0.1, 0.15) is 11.5 Å². The molecule has 4 aliphatic carbocycles. The van der Waals surface area contributed by atoms with Gasteiger partial charge in [0.2, 0.25) is 0 Å². The van der Waals surface area contributed by atoms with Crippen LogP contribution in [-0.2, 0) is 28.5 Å². The van der Waals surface area contributed by atoms with E-state index >= 15 is 0 Å². The summed E-state index contributed by atoms with van der Waals surface area (Å²) < 4.78 is 22.5. The fourth-order valence-electron chi connectivity index (χ4n) is 8.49. The number of carbonyl (C=O) groups excluding carboxylic acids is 2. The summed E-state index contributed by atoms with van der Waals surface area (Å²) in [5.74, 6) is 2.05. The molecule has 0 aromatic rings. The molecule has 0 saturated heterocycles. The molecule has 6 atom stereocenters. The number of hydrogen-bond acceptors (Lipinski definition) is 6. The summed E-state index contributed by atoms with van der Waals surface area (Å²) in [6.07, 6.45) is 9.12. The van der Waals surface area contributed by atoms with E-state index < -0.39 is 17.4 Å². The van der Waals surface area contributed by atoms with Gasteiger partial charge in [-0.1, -0.05) is 26.0 Å². The Morgan fingerprint density at radius 3 is 2.23 bits per heavy atom. The lowest BCUT2D eigenvalue weighted by Gasteiger charge is -2.65. The zero-order valence-electron chi connectivity index (χ0n) is 22.3. The van der Waals surface area contributed by atoms with Crippen LogP contribution in [-0.4, -0.2) is 39.4 Å². The monoisotopic (exact) mass is 486 g/mol. The van der Waals surface area contributed by atoms with Gasteiger partial charge in [0.25, 0.3) is 0 Å². The van der Waals surface area contributed by atoms with Crippen LogP contribution in [0.5, 0.6) is 0 Å². The van der Waals surface area contributed by atoms with E-state index in [0.29, 0.717) is 24.7 Å². The molecule has 0 bridgehead atoms. The van der Waals surface area contributed by atoms with Crippen molar-refractivity contribution in [2.45, 2.75) is 66.2 Å². The Hall–Kier alpha value is -2.24. The van der Waals surface area contributed by atoms with E-state index in [1.807, 2.05) is 6.08 Å². The molecule has 0 aromatic heterocycles. The maximum atomic E-state index is 13.4. The van der Waals surface area contributed by atoms with E-state index in [4.69, 9.17) is 18.9 Å². The SMILES string of the molecule is C=C1CC(C(=O)OCC)(C(=O)OCC)C[C@]2(C)[C@@H]1CC[C@]1(C)C3C=C(OC)C=C(OC)C3CC[C@@H]21. The fourth-order valence-corrected chi connectivity index (χ4v) is 8.49. The largest absolute Gasteiger partial charge is 0.501 e. The molecule has 4 rings (SSSR count). The van der Waals surface area contributed by atoms with Gasteiger partial charge in [-0.25, -0.2) is 0 Å². The highest BCUT2D eigenvalue weighted by Crippen LogP contribution is 2.70. The molecule has 35 heavy (non-hydrogen) atoms. The van der Waals surface area contributed by atoms with Gasteiger partial charge in [-0.05, 0) is 87.0 Å². The van der Waals surface area contributed by atoms with Crippen molar-refractivity contribution in [1.82, 2.24) is 0 Å². The summed E-state index contributed by atoms with van der Waals surface area (Å²) in [5, 5.41) is 0. The molecule has 6 nitrogen and oxygen atoms in total. The van der Waals surface area contributed by atoms with Crippen molar-refractivity contribution in [3.8, 4) is 0 Å². The Bertz CT molecular complexity index is 929. The fraction of sp³-hybridized carbons (Fsp3) is 0.724. The van der Waals surface area contributed by atoms with E-state index in [1.165, 1.54) is 0 Å². The van der Waals surface area contributed by atoms with Crippen molar-refractivity contribution >= 4 is 11.9 Å². The van der Waals surface area contributed by atoms with Gasteiger partial charge in [0, 0.05) is 12.0 Å². The molecule has 0 heterocycles. The third kappa shape index (κ3) is 3.82. The molecule has 0 radical (unpaired) electrons. The number of esters is 2. The third-order valence-corrected chi connectivity index (χ3v) is 9.82. The van der Waals surface area contributed by atoms with Crippen molar-refractivity contribution in [3.05, 3.63) is 35.8 Å². The first-order valence-corrected chi connectivity index (χ1v) is 13.1. The van der Waals surface area contributed by atoms with Crippen LogP contribution in [0, 0.1) is 39.9 Å². The zero-order valence-corrected chi connectivity index (χ0v) is 22.3. The van der Waals surface area contributed by atoms with Crippen LogP contribution in [0.15, 0.2) is 35.8 Å². The van der Waals surface area contributed by atoms with Gasteiger partial charge in [-0.3, -0.25) is 9.59 Å². The second-order valence-corrected chi connectivity index (χ2v) is 11.4. The predicted molar refractivity (Wildman–Crippen MR) is 133 cm³/mol. The highest BCUT2D eigenvalue weighted by atomic mass is 16.6. The van der Waals surface area contributed by atoms with Gasteiger partial charge in [-0.2, -0.15) is 0 Å². The van der Waals surface area contributed by atoms with Crippen LogP contribution in [0.4, 0.5) is 0 Å². The Balaban J connectivity index is 1.78. The maximum absolute atomic E-state index is 13.4. The van der Waals surface area contributed by atoms with Gasteiger partial charge in [-0.15, -0.1) is 0 Å². The molecule has 0 aliphatic heterocycles. The number of carbonyl (C=O) groups is 2. The molecule has 0 spiro atoms. The molecule has 0 aromatic carbocycles. The minimum atomic E-state index is -1.33. The molecule has 3 fully saturated rings. The first-order valence-electron chi connectivity index (χ1n) is 13.1. The standard InChI is InChI=1S/C29H42O6/c1-8-34-25(30)29(26(31)35-9-2)16-18(3)21-12-13-27(4)22-14-19(32-6)15-23(33-7)20(22)10-11-24(27)28(21,5)17-29/h14-15,20-22,24H,3,8-13,16-17H2,1-2,4-7H3/t20?,21-,22?,24-,27-,28-/m1/s1. The van der Waals surface area contributed by atoms with E-state index in [9.17, 15) is 9.59 Å². The highest BCUT2D eigenvalue weighted by Gasteiger charge is 2.66. The summed E-state index contributed by atoms with van der Waals surface area (Å²) in [7, 11) is 3.45. The summed E-state index contributed by atoms with van der Waals surface area (Å²) >= 11 is 0. The number of hydrogen-bond donors (Lipinski definition) is 0. The first-order chi connectivity index (χ1) is 16.6. The molecular weight excluding hydrogens is 444 g/mol. The third-order valence-electron chi connectivity index (χ3n) is 9.82. The van der Waals surface area contributed by atoms with Crippen LogP contribution in [0.3, 0.4) is 0 Å². The van der Waals surface area contributed by atoms with Crippen molar-refractivity contribution in [3.63, 3.8) is 0 Å². The molecule has 3 saturated carbocycles. The minimum absolute atomic E-state index is 0.0251. The minimum Gasteiger partial charge on any atom is -0.501 e. The van der Waals surface area contributed by atoms with Crippen molar-refractivity contribution in [2.75, 3.05) is 27.4 Å². The van der Waals surface area contributed by atoms with Crippen LogP contribution < -0.4 is 0 Å². The zero-order chi connectivity index (χ0) is 25.6. The number of methoxy groups -OCH3 is 2. The average molecular weight is 487 g/mol. The molecule has 4 aliphatic rings. The topological polar surface area (TPSA) is 71.1 Å². The van der Waals surface area contributed by atoms with E-state index in [0.717, 1.165) is 42.8 Å². The van der Waals surface area contributed by atoms with Crippen LogP contribution >= 0.6 is 0 Å². The van der Waals surface area contributed by atoms with Gasteiger partial charge in [0.15, 0.2) is 5.41 Å². The number of ether oxygens (including phenoxy) is 4. The lowest BCUT2D eigenvalue weighted by atomic mass is 9.38. The predicted octanol–water partition coefficient (Wildman–Crippen LogP) is 5.59. The Labute approximate surface area is 210 Å². The Kier molecular flexibility index (Phi) is 6.89. The Morgan fingerprint density at radius 1 is 1.00 bits per heavy atom. The normalized spacial score (nSPS) is 37.5. The number of fused-ring (bicyclic) bond motifs is 5. The Morgan fingerprint density at radius 2 is 1.66 bits per heavy atom. The maximum Gasteiger partial charge on any atom is 0.323 e. The molecule has 0 amide bonds. The van der Waals surface area contributed by atoms with E-state index in [-0.39, 0.29) is 35.9 Å².